The zero-order valence-corrected chi connectivity index (χ0v) is 10.5. The van der Waals surface area contributed by atoms with E-state index < -0.39 is 0 Å². The van der Waals surface area contributed by atoms with Gasteiger partial charge in [-0.25, -0.2) is 5.01 Å². The quantitative estimate of drug-likeness (QED) is 0.799. The zero-order chi connectivity index (χ0) is 11.7. The van der Waals surface area contributed by atoms with Crippen LogP contribution in [0.25, 0.3) is 0 Å². The molecule has 1 unspecified atom stereocenters. The number of nitrogens with one attached hydrogen (secondary N) is 1. The van der Waals surface area contributed by atoms with Crippen LogP contribution in [0.2, 0.25) is 0 Å². The van der Waals surface area contributed by atoms with Crippen LogP contribution in [-0.4, -0.2) is 47.6 Å². The van der Waals surface area contributed by atoms with Crippen LogP contribution in [0.4, 0.5) is 0 Å². The fourth-order valence-corrected chi connectivity index (χ4v) is 2.95. The maximum Gasteiger partial charge on any atom is 0.253 e. The Morgan fingerprint density at radius 1 is 0.941 bits per heavy atom. The van der Waals surface area contributed by atoms with E-state index in [2.05, 4.69) is 10.3 Å². The van der Waals surface area contributed by atoms with Crippen LogP contribution in [0, 0.1) is 0 Å². The van der Waals surface area contributed by atoms with Gasteiger partial charge in [-0.15, -0.1) is 0 Å². The fraction of sp³-hybridized carbons (Fsp3) is 0.923. The zero-order valence-electron chi connectivity index (χ0n) is 10.5. The lowest BCUT2D eigenvalue weighted by Crippen LogP contribution is -2.58. The van der Waals surface area contributed by atoms with E-state index in [1.54, 1.807) is 0 Å². The van der Waals surface area contributed by atoms with Crippen molar-refractivity contribution in [3.63, 3.8) is 0 Å². The van der Waals surface area contributed by atoms with Crippen molar-refractivity contribution >= 4 is 5.91 Å². The second-order valence-corrected chi connectivity index (χ2v) is 5.61. The molecule has 3 rings (SSSR count). The number of hydrogen-bond donors (Lipinski definition) is 1. The highest BCUT2D eigenvalue weighted by molar-refractivity contribution is 5.82. The van der Waals surface area contributed by atoms with Gasteiger partial charge in [-0.3, -0.25) is 9.80 Å². The highest BCUT2D eigenvalue weighted by atomic mass is 16.2. The Kier molecular flexibility index (Phi) is 3.34. The third-order valence-electron chi connectivity index (χ3n) is 4.10. The van der Waals surface area contributed by atoms with E-state index in [0.29, 0.717) is 11.9 Å². The number of nitrogens with zero attached hydrogens (tertiary/aromatic N) is 2. The van der Waals surface area contributed by atoms with Crippen LogP contribution in [0.1, 0.15) is 44.9 Å². The van der Waals surface area contributed by atoms with E-state index in [-0.39, 0.29) is 6.04 Å². The molecule has 4 heteroatoms. The molecule has 0 radical (unpaired) electrons. The van der Waals surface area contributed by atoms with E-state index in [9.17, 15) is 4.79 Å². The first kappa shape index (κ1) is 11.5. The maximum atomic E-state index is 12.4. The highest BCUT2D eigenvalue weighted by Crippen LogP contribution is 2.24. The molecular formula is C13H23N3O. The molecule has 96 valence electrons. The molecule has 1 saturated carbocycles. The molecule has 0 aromatic rings. The predicted octanol–water partition coefficient (Wildman–Crippen LogP) is 1.13. The summed E-state index contributed by atoms with van der Waals surface area (Å²) >= 11 is 0. The first-order chi connectivity index (χ1) is 8.34. The molecule has 0 aromatic carbocycles. The number of amides is 1. The van der Waals surface area contributed by atoms with Crippen LogP contribution in [-0.2, 0) is 4.79 Å². The molecule has 0 bridgehead atoms. The Labute approximate surface area is 103 Å². The fourth-order valence-electron chi connectivity index (χ4n) is 2.95. The Morgan fingerprint density at radius 2 is 1.71 bits per heavy atom. The van der Waals surface area contributed by atoms with E-state index >= 15 is 0 Å². The van der Waals surface area contributed by atoms with Gasteiger partial charge in [0.05, 0.1) is 6.04 Å². The minimum atomic E-state index is 0.0955. The standard InChI is InChI=1S/C13H23N3O/c17-13-12(14-11-6-7-11)5-4-10-16(13)15-8-2-1-3-9-15/h11-12,14H,1-10H2. The predicted molar refractivity (Wildman–Crippen MR) is 66.3 cm³/mol. The first-order valence-corrected chi connectivity index (χ1v) is 7.17. The van der Waals surface area contributed by atoms with Crippen LogP contribution in [0.15, 0.2) is 0 Å². The van der Waals surface area contributed by atoms with Crippen molar-refractivity contribution in [2.24, 2.45) is 0 Å². The molecule has 0 aromatic heterocycles. The summed E-state index contributed by atoms with van der Waals surface area (Å²) in [6.07, 6.45) is 8.49. The lowest BCUT2D eigenvalue weighted by molar-refractivity contribution is -0.157. The van der Waals surface area contributed by atoms with E-state index in [0.717, 1.165) is 32.5 Å². The van der Waals surface area contributed by atoms with Gasteiger partial charge >= 0.3 is 0 Å². The molecule has 2 heterocycles. The van der Waals surface area contributed by atoms with Crippen molar-refractivity contribution in [3.8, 4) is 0 Å². The molecule has 4 nitrogen and oxygen atoms in total. The molecule has 2 aliphatic heterocycles. The topological polar surface area (TPSA) is 35.6 Å². The van der Waals surface area contributed by atoms with Gasteiger partial charge < -0.3 is 5.32 Å². The molecule has 1 aliphatic carbocycles. The molecular weight excluding hydrogens is 214 g/mol. The third-order valence-corrected chi connectivity index (χ3v) is 4.10. The smallest absolute Gasteiger partial charge is 0.253 e. The molecule has 17 heavy (non-hydrogen) atoms. The molecule has 2 saturated heterocycles. The van der Waals surface area contributed by atoms with Gasteiger partial charge in [0.1, 0.15) is 0 Å². The lowest BCUT2D eigenvalue weighted by Gasteiger charge is -2.42. The Hall–Kier alpha value is -0.610. The molecule has 1 amide bonds. The number of hydrogen-bond acceptors (Lipinski definition) is 3. The third kappa shape index (κ3) is 2.63. The summed E-state index contributed by atoms with van der Waals surface area (Å²) in [7, 11) is 0. The monoisotopic (exact) mass is 237 g/mol. The molecule has 1 N–H and O–H groups in total. The number of rotatable bonds is 3. The van der Waals surface area contributed by atoms with E-state index in [1.165, 1.54) is 32.1 Å². The summed E-state index contributed by atoms with van der Waals surface area (Å²) in [4.78, 5) is 12.4. The minimum absolute atomic E-state index is 0.0955. The normalized spacial score (nSPS) is 31.9. The second-order valence-electron chi connectivity index (χ2n) is 5.61. The summed E-state index contributed by atoms with van der Waals surface area (Å²) in [6, 6.07) is 0.725. The van der Waals surface area contributed by atoms with Crippen molar-refractivity contribution in [3.05, 3.63) is 0 Å². The van der Waals surface area contributed by atoms with Gasteiger partial charge in [0.25, 0.3) is 5.91 Å². The number of carbonyl (C=O) groups excluding carboxylic acids is 1. The summed E-state index contributed by atoms with van der Waals surface area (Å²) < 4.78 is 0. The van der Waals surface area contributed by atoms with Gasteiger partial charge in [-0.1, -0.05) is 6.42 Å². The number of hydrazine groups is 1. The van der Waals surface area contributed by atoms with Crippen molar-refractivity contribution < 1.29 is 4.79 Å². The minimum Gasteiger partial charge on any atom is -0.303 e. The Morgan fingerprint density at radius 3 is 2.41 bits per heavy atom. The van der Waals surface area contributed by atoms with Crippen molar-refractivity contribution in [1.29, 1.82) is 0 Å². The number of piperidine rings is 2. The van der Waals surface area contributed by atoms with Crippen molar-refractivity contribution in [2.45, 2.75) is 57.0 Å². The maximum absolute atomic E-state index is 12.4. The largest absolute Gasteiger partial charge is 0.303 e. The van der Waals surface area contributed by atoms with Crippen LogP contribution < -0.4 is 5.32 Å². The van der Waals surface area contributed by atoms with Gasteiger partial charge in [-0.05, 0) is 38.5 Å². The highest BCUT2D eigenvalue weighted by Gasteiger charge is 2.35. The SMILES string of the molecule is O=C1C(NC2CC2)CCCN1N1CCCCC1. The average Bonchev–Trinajstić information content (AvgIpc) is 3.17. The van der Waals surface area contributed by atoms with Gasteiger partial charge in [0.15, 0.2) is 0 Å². The molecule has 0 spiro atoms. The number of carbonyl (C=O) groups is 1. The summed E-state index contributed by atoms with van der Waals surface area (Å²) in [5.74, 6) is 0.324. The summed E-state index contributed by atoms with van der Waals surface area (Å²) in [5.41, 5.74) is 0. The molecule has 3 aliphatic rings. The molecule has 3 fully saturated rings. The van der Waals surface area contributed by atoms with Gasteiger partial charge in [-0.2, -0.15) is 0 Å². The van der Waals surface area contributed by atoms with Gasteiger partial charge in [0, 0.05) is 25.7 Å². The van der Waals surface area contributed by atoms with E-state index in [1.807, 2.05) is 5.01 Å². The lowest BCUT2D eigenvalue weighted by atomic mass is 10.1. The summed E-state index contributed by atoms with van der Waals surface area (Å²) in [5, 5.41) is 7.81. The molecule has 1 atom stereocenters. The van der Waals surface area contributed by atoms with Crippen LogP contribution in [0.3, 0.4) is 0 Å². The first-order valence-electron chi connectivity index (χ1n) is 7.17. The van der Waals surface area contributed by atoms with E-state index in [4.69, 9.17) is 0 Å². The Balaban J connectivity index is 1.60. The van der Waals surface area contributed by atoms with Crippen LogP contribution >= 0.6 is 0 Å². The van der Waals surface area contributed by atoms with Crippen molar-refractivity contribution in [2.75, 3.05) is 19.6 Å². The summed E-state index contributed by atoms with van der Waals surface area (Å²) in [6.45, 7) is 3.07. The Bertz CT molecular complexity index is 284. The second kappa shape index (κ2) is 4.94. The van der Waals surface area contributed by atoms with Crippen molar-refractivity contribution in [1.82, 2.24) is 15.3 Å². The average molecular weight is 237 g/mol. The van der Waals surface area contributed by atoms with Gasteiger partial charge in [0.2, 0.25) is 0 Å². The van der Waals surface area contributed by atoms with Crippen LogP contribution in [0.5, 0.6) is 0 Å².